The standard InChI is InChI=1S/C14H14F3N7O/c15-14(16,17)7-20-13(25)23-5-1-2-9(23)12-22-21-10-6-19-11-8(24(10)12)3-4-18-11/h3-4,6,9,18H,1-2,5,7H2,(H,20,25). The summed E-state index contributed by atoms with van der Waals surface area (Å²) in [6, 6.07) is 0.616. The van der Waals surface area contributed by atoms with Gasteiger partial charge in [-0.05, 0) is 18.9 Å². The third-order valence-corrected chi connectivity index (χ3v) is 4.22. The zero-order valence-electron chi connectivity index (χ0n) is 12.9. The number of nitrogens with zero attached hydrogens (tertiary/aromatic N) is 5. The molecule has 1 aliphatic heterocycles. The van der Waals surface area contributed by atoms with Crippen molar-refractivity contribution in [3.8, 4) is 0 Å². The number of halogens is 3. The van der Waals surface area contributed by atoms with Gasteiger partial charge in [0.25, 0.3) is 0 Å². The highest BCUT2D eigenvalue weighted by molar-refractivity contribution is 5.76. The molecule has 1 unspecified atom stereocenters. The molecule has 4 heterocycles. The summed E-state index contributed by atoms with van der Waals surface area (Å²) in [5, 5.41) is 10.2. The maximum Gasteiger partial charge on any atom is 0.405 e. The van der Waals surface area contributed by atoms with E-state index >= 15 is 0 Å². The fourth-order valence-corrected chi connectivity index (χ4v) is 3.17. The molecule has 11 heteroatoms. The van der Waals surface area contributed by atoms with Crippen LogP contribution in [0.15, 0.2) is 18.5 Å². The summed E-state index contributed by atoms with van der Waals surface area (Å²) in [5.41, 5.74) is 1.91. The van der Waals surface area contributed by atoms with Crippen molar-refractivity contribution in [2.45, 2.75) is 25.1 Å². The van der Waals surface area contributed by atoms with Crippen molar-refractivity contribution in [2.24, 2.45) is 0 Å². The molecule has 25 heavy (non-hydrogen) atoms. The maximum absolute atomic E-state index is 12.4. The first-order chi connectivity index (χ1) is 11.9. The van der Waals surface area contributed by atoms with E-state index < -0.39 is 24.8 Å². The van der Waals surface area contributed by atoms with Crippen LogP contribution in [0.25, 0.3) is 16.8 Å². The Balaban J connectivity index is 1.67. The lowest BCUT2D eigenvalue weighted by atomic mass is 10.2. The first-order valence-corrected chi connectivity index (χ1v) is 7.72. The van der Waals surface area contributed by atoms with Gasteiger partial charge < -0.3 is 15.2 Å². The first-order valence-electron chi connectivity index (χ1n) is 7.72. The highest BCUT2D eigenvalue weighted by Gasteiger charge is 2.35. The van der Waals surface area contributed by atoms with Gasteiger partial charge in [0.1, 0.15) is 6.54 Å². The summed E-state index contributed by atoms with van der Waals surface area (Å²) in [5.74, 6) is 0.515. The van der Waals surface area contributed by atoms with Gasteiger partial charge in [0.2, 0.25) is 0 Å². The van der Waals surface area contributed by atoms with Crippen molar-refractivity contribution in [3.05, 3.63) is 24.3 Å². The second-order valence-corrected chi connectivity index (χ2v) is 5.85. The topological polar surface area (TPSA) is 91.2 Å². The molecule has 3 aromatic heterocycles. The van der Waals surface area contributed by atoms with Crippen molar-refractivity contribution in [3.63, 3.8) is 0 Å². The van der Waals surface area contributed by atoms with Crippen molar-refractivity contribution in [2.75, 3.05) is 13.1 Å². The van der Waals surface area contributed by atoms with E-state index in [1.165, 1.54) is 4.90 Å². The quantitative estimate of drug-likeness (QED) is 0.737. The van der Waals surface area contributed by atoms with Gasteiger partial charge in [-0.25, -0.2) is 9.78 Å². The molecule has 4 rings (SSSR count). The Morgan fingerprint density at radius 3 is 3.04 bits per heavy atom. The zero-order valence-corrected chi connectivity index (χ0v) is 12.9. The Hall–Kier alpha value is -2.85. The first kappa shape index (κ1) is 15.7. The molecule has 1 saturated heterocycles. The molecular weight excluding hydrogens is 339 g/mol. The van der Waals surface area contributed by atoms with Crippen LogP contribution in [0.1, 0.15) is 24.7 Å². The van der Waals surface area contributed by atoms with Crippen molar-refractivity contribution >= 4 is 22.8 Å². The molecule has 1 fully saturated rings. The number of aromatic amines is 1. The van der Waals surface area contributed by atoms with E-state index in [-0.39, 0.29) is 0 Å². The summed E-state index contributed by atoms with van der Waals surface area (Å²) in [4.78, 5) is 20.8. The van der Waals surface area contributed by atoms with E-state index in [4.69, 9.17) is 0 Å². The van der Waals surface area contributed by atoms with E-state index in [1.807, 2.05) is 11.4 Å². The molecule has 0 bridgehead atoms. The number of alkyl halides is 3. The minimum Gasteiger partial charge on any atom is -0.345 e. The molecule has 0 aliphatic carbocycles. The van der Waals surface area contributed by atoms with Gasteiger partial charge >= 0.3 is 12.2 Å². The van der Waals surface area contributed by atoms with Gasteiger partial charge in [-0.15, -0.1) is 10.2 Å². The molecular formula is C14H14F3N7O. The number of nitrogens with one attached hydrogen (secondary N) is 2. The fraction of sp³-hybridized carbons (Fsp3) is 0.429. The number of aromatic nitrogens is 5. The summed E-state index contributed by atoms with van der Waals surface area (Å²) in [7, 11) is 0. The number of urea groups is 1. The molecule has 132 valence electrons. The number of amides is 2. The second-order valence-electron chi connectivity index (χ2n) is 5.85. The fourth-order valence-electron chi connectivity index (χ4n) is 3.17. The molecule has 3 aromatic rings. The van der Waals surface area contributed by atoms with Crippen molar-refractivity contribution < 1.29 is 18.0 Å². The lowest BCUT2D eigenvalue weighted by Gasteiger charge is -2.24. The number of fused-ring (bicyclic) bond motifs is 3. The Bertz CT molecular complexity index is 931. The second kappa shape index (κ2) is 5.60. The minimum atomic E-state index is -4.45. The minimum absolute atomic E-state index is 0.366. The molecule has 2 N–H and O–H groups in total. The normalized spacial score (nSPS) is 18.4. The average molecular weight is 353 g/mol. The number of hydrogen-bond donors (Lipinski definition) is 2. The highest BCUT2D eigenvalue weighted by Crippen LogP contribution is 2.32. The smallest absolute Gasteiger partial charge is 0.345 e. The molecule has 0 radical (unpaired) electrons. The predicted octanol–water partition coefficient (Wildman–Crippen LogP) is 2.01. The number of likely N-dealkylation sites (tertiary alicyclic amines) is 1. The molecule has 0 aromatic carbocycles. The lowest BCUT2D eigenvalue weighted by Crippen LogP contribution is -2.43. The van der Waals surface area contributed by atoms with Crippen LogP contribution in [-0.2, 0) is 0 Å². The molecule has 1 aliphatic rings. The third-order valence-electron chi connectivity index (χ3n) is 4.22. The molecule has 0 spiro atoms. The van der Waals surface area contributed by atoms with Crippen LogP contribution < -0.4 is 5.32 Å². The number of carbonyl (C=O) groups excluding carboxylic acids is 1. The van der Waals surface area contributed by atoms with Crippen LogP contribution in [0.5, 0.6) is 0 Å². The molecule has 2 amide bonds. The monoisotopic (exact) mass is 353 g/mol. The summed E-state index contributed by atoms with van der Waals surface area (Å²) in [6.45, 7) is -0.994. The van der Waals surface area contributed by atoms with Crippen LogP contribution in [-0.4, -0.2) is 54.8 Å². The van der Waals surface area contributed by atoms with Crippen molar-refractivity contribution in [1.29, 1.82) is 0 Å². The van der Waals surface area contributed by atoms with Gasteiger partial charge in [0.05, 0.1) is 17.8 Å². The Morgan fingerprint density at radius 1 is 1.40 bits per heavy atom. The van der Waals surface area contributed by atoms with Crippen LogP contribution in [0.2, 0.25) is 0 Å². The molecule has 0 saturated carbocycles. The predicted molar refractivity (Wildman–Crippen MR) is 80.8 cm³/mol. The number of H-pyrrole nitrogens is 1. The SMILES string of the molecule is O=C(NCC(F)(F)F)N1CCCC1c1nnc2cnc3[nH]ccc3n12. The van der Waals surface area contributed by atoms with Gasteiger partial charge in [-0.1, -0.05) is 0 Å². The average Bonchev–Trinajstić information content (AvgIpc) is 3.27. The van der Waals surface area contributed by atoms with E-state index in [0.717, 1.165) is 5.52 Å². The Morgan fingerprint density at radius 2 is 2.24 bits per heavy atom. The highest BCUT2D eigenvalue weighted by atomic mass is 19.4. The van der Waals surface area contributed by atoms with Crippen molar-refractivity contribution in [1.82, 2.24) is 34.8 Å². The number of rotatable bonds is 2. The van der Waals surface area contributed by atoms with E-state index in [2.05, 4.69) is 20.2 Å². The lowest BCUT2D eigenvalue weighted by molar-refractivity contribution is -0.123. The van der Waals surface area contributed by atoms with Gasteiger partial charge in [0, 0.05) is 12.7 Å². The molecule has 8 nitrogen and oxygen atoms in total. The third kappa shape index (κ3) is 2.75. The van der Waals surface area contributed by atoms with Crippen LogP contribution in [0, 0.1) is 0 Å². The summed E-state index contributed by atoms with van der Waals surface area (Å²) < 4.78 is 38.8. The maximum atomic E-state index is 12.4. The zero-order chi connectivity index (χ0) is 17.6. The van der Waals surface area contributed by atoms with E-state index in [1.54, 1.807) is 16.8 Å². The Kier molecular flexibility index (Phi) is 3.51. The summed E-state index contributed by atoms with van der Waals surface area (Å²) in [6.07, 6.45) is 0.117. The van der Waals surface area contributed by atoms with Gasteiger partial charge in [-0.2, -0.15) is 13.2 Å². The Labute approximate surface area is 139 Å². The number of carbonyl (C=O) groups is 1. The van der Waals surface area contributed by atoms with Crippen LogP contribution in [0.3, 0.4) is 0 Å². The van der Waals surface area contributed by atoms with E-state index in [9.17, 15) is 18.0 Å². The largest absolute Gasteiger partial charge is 0.405 e. The van der Waals surface area contributed by atoms with E-state index in [0.29, 0.717) is 36.5 Å². The van der Waals surface area contributed by atoms with Gasteiger partial charge in [0.15, 0.2) is 17.1 Å². The summed E-state index contributed by atoms with van der Waals surface area (Å²) >= 11 is 0. The van der Waals surface area contributed by atoms with Crippen LogP contribution >= 0.6 is 0 Å². The van der Waals surface area contributed by atoms with Gasteiger partial charge in [-0.3, -0.25) is 4.40 Å². The van der Waals surface area contributed by atoms with Crippen LogP contribution in [0.4, 0.5) is 18.0 Å². The molecule has 1 atom stereocenters. The number of hydrogen-bond acceptors (Lipinski definition) is 4.